The Kier molecular flexibility index (Phi) is 3.86. The van der Waals surface area contributed by atoms with Crippen molar-refractivity contribution < 1.29 is 4.39 Å². The fourth-order valence-corrected chi connectivity index (χ4v) is 2.63. The second kappa shape index (κ2) is 5.95. The molecule has 1 aliphatic heterocycles. The van der Waals surface area contributed by atoms with Crippen LogP contribution in [-0.4, -0.2) is 13.1 Å². The first-order valence-electron chi connectivity index (χ1n) is 7.15. The Balaban J connectivity index is 1.67. The molecule has 0 bridgehead atoms. The maximum absolute atomic E-state index is 14.1. The Bertz CT molecular complexity index is 562. The topological polar surface area (TPSA) is 15.3 Å². The molecule has 1 heterocycles. The van der Waals surface area contributed by atoms with Crippen molar-refractivity contribution in [1.82, 2.24) is 0 Å². The molecule has 1 N–H and O–H groups in total. The molecule has 2 aromatic carbocycles. The van der Waals surface area contributed by atoms with Crippen LogP contribution >= 0.6 is 0 Å². The highest BCUT2D eigenvalue weighted by Crippen LogP contribution is 2.26. The number of hydrogen-bond donors (Lipinski definition) is 1. The lowest BCUT2D eigenvalue weighted by molar-refractivity contribution is 0.623. The van der Waals surface area contributed by atoms with E-state index in [1.165, 1.54) is 5.56 Å². The monoisotopic (exact) mass is 270 g/mol. The minimum absolute atomic E-state index is 0.134. The van der Waals surface area contributed by atoms with Crippen LogP contribution < -0.4 is 10.2 Å². The second-order valence-corrected chi connectivity index (χ2v) is 5.20. The molecule has 1 aliphatic rings. The van der Waals surface area contributed by atoms with Gasteiger partial charge in [-0.25, -0.2) is 4.39 Å². The van der Waals surface area contributed by atoms with Gasteiger partial charge < -0.3 is 10.2 Å². The lowest BCUT2D eigenvalue weighted by atomic mass is 10.2. The van der Waals surface area contributed by atoms with Gasteiger partial charge in [0.25, 0.3) is 0 Å². The van der Waals surface area contributed by atoms with E-state index in [1.807, 2.05) is 30.3 Å². The van der Waals surface area contributed by atoms with Crippen molar-refractivity contribution in [1.29, 1.82) is 0 Å². The molecular formula is C17H19FN2. The lowest BCUT2D eigenvalue weighted by Crippen LogP contribution is -2.18. The van der Waals surface area contributed by atoms with E-state index in [0.717, 1.165) is 37.3 Å². The summed E-state index contributed by atoms with van der Waals surface area (Å²) in [5.74, 6) is -0.134. The van der Waals surface area contributed by atoms with Gasteiger partial charge in [0.15, 0.2) is 0 Å². The molecule has 0 unspecified atom stereocenters. The Morgan fingerprint density at radius 3 is 2.45 bits per heavy atom. The minimum atomic E-state index is -0.134. The summed E-state index contributed by atoms with van der Waals surface area (Å²) in [7, 11) is 0. The van der Waals surface area contributed by atoms with E-state index in [9.17, 15) is 4.39 Å². The smallest absolute Gasteiger partial charge is 0.148 e. The molecule has 0 radical (unpaired) electrons. The third-order valence-corrected chi connectivity index (χ3v) is 3.73. The van der Waals surface area contributed by atoms with Crippen molar-refractivity contribution in [3.05, 3.63) is 59.9 Å². The first-order valence-corrected chi connectivity index (χ1v) is 7.15. The zero-order valence-corrected chi connectivity index (χ0v) is 11.5. The SMILES string of the molecule is Fc1cc(NCc2ccccc2)ccc1N1CCCC1. The van der Waals surface area contributed by atoms with Gasteiger partial charge in [-0.05, 0) is 36.6 Å². The fraction of sp³-hybridized carbons (Fsp3) is 0.294. The summed E-state index contributed by atoms with van der Waals surface area (Å²) in [5.41, 5.74) is 2.75. The van der Waals surface area contributed by atoms with Gasteiger partial charge in [0, 0.05) is 25.3 Å². The highest BCUT2D eigenvalue weighted by Gasteiger charge is 2.15. The van der Waals surface area contributed by atoms with Gasteiger partial charge in [0.2, 0.25) is 0 Å². The summed E-state index contributed by atoms with van der Waals surface area (Å²) < 4.78 is 14.1. The summed E-state index contributed by atoms with van der Waals surface area (Å²) in [6.07, 6.45) is 2.32. The van der Waals surface area contributed by atoms with Crippen LogP contribution in [-0.2, 0) is 6.54 Å². The van der Waals surface area contributed by atoms with Crippen molar-refractivity contribution in [2.75, 3.05) is 23.3 Å². The van der Waals surface area contributed by atoms with E-state index >= 15 is 0 Å². The van der Waals surface area contributed by atoms with Gasteiger partial charge >= 0.3 is 0 Å². The molecule has 0 aliphatic carbocycles. The van der Waals surface area contributed by atoms with Crippen LogP contribution in [0.15, 0.2) is 48.5 Å². The molecule has 1 fully saturated rings. The molecule has 3 heteroatoms. The van der Waals surface area contributed by atoms with Crippen LogP contribution in [0.25, 0.3) is 0 Å². The van der Waals surface area contributed by atoms with Crippen LogP contribution in [0.4, 0.5) is 15.8 Å². The third kappa shape index (κ3) is 2.93. The van der Waals surface area contributed by atoms with Crippen LogP contribution in [0.1, 0.15) is 18.4 Å². The van der Waals surface area contributed by atoms with Gasteiger partial charge in [-0.1, -0.05) is 30.3 Å². The van der Waals surface area contributed by atoms with Crippen molar-refractivity contribution in [3.8, 4) is 0 Å². The molecule has 0 saturated carbocycles. The molecule has 0 atom stereocenters. The lowest BCUT2D eigenvalue weighted by Gasteiger charge is -2.19. The summed E-state index contributed by atoms with van der Waals surface area (Å²) in [6, 6.07) is 15.6. The van der Waals surface area contributed by atoms with Crippen molar-refractivity contribution in [3.63, 3.8) is 0 Å². The number of hydrogen-bond acceptors (Lipinski definition) is 2. The summed E-state index contributed by atoms with van der Waals surface area (Å²) >= 11 is 0. The summed E-state index contributed by atoms with van der Waals surface area (Å²) in [4.78, 5) is 2.12. The molecule has 104 valence electrons. The fourth-order valence-electron chi connectivity index (χ4n) is 2.63. The van der Waals surface area contributed by atoms with Crippen molar-refractivity contribution in [2.45, 2.75) is 19.4 Å². The van der Waals surface area contributed by atoms with Crippen LogP contribution in [0, 0.1) is 5.82 Å². The van der Waals surface area contributed by atoms with Gasteiger partial charge in [-0.2, -0.15) is 0 Å². The maximum Gasteiger partial charge on any atom is 0.148 e. The first kappa shape index (κ1) is 13.0. The number of halogens is 1. The van der Waals surface area contributed by atoms with Gasteiger partial charge in [0.05, 0.1) is 5.69 Å². The van der Waals surface area contributed by atoms with Gasteiger partial charge in [-0.3, -0.25) is 0 Å². The molecule has 3 rings (SSSR count). The zero-order chi connectivity index (χ0) is 13.8. The van der Waals surface area contributed by atoms with Crippen molar-refractivity contribution in [2.24, 2.45) is 0 Å². The number of nitrogens with one attached hydrogen (secondary N) is 1. The van der Waals surface area contributed by atoms with E-state index in [4.69, 9.17) is 0 Å². The van der Waals surface area contributed by atoms with Gasteiger partial charge in [0.1, 0.15) is 5.82 Å². The molecule has 2 nitrogen and oxygen atoms in total. The van der Waals surface area contributed by atoms with Crippen molar-refractivity contribution >= 4 is 11.4 Å². The van der Waals surface area contributed by atoms with Gasteiger partial charge in [-0.15, -0.1) is 0 Å². The maximum atomic E-state index is 14.1. The summed E-state index contributed by atoms with van der Waals surface area (Å²) in [6.45, 7) is 2.64. The van der Waals surface area contributed by atoms with Crippen LogP contribution in [0.3, 0.4) is 0 Å². The third-order valence-electron chi connectivity index (χ3n) is 3.73. The number of nitrogens with zero attached hydrogens (tertiary/aromatic N) is 1. The number of anilines is 2. The summed E-state index contributed by atoms with van der Waals surface area (Å²) in [5, 5.41) is 3.26. The zero-order valence-electron chi connectivity index (χ0n) is 11.5. The Hall–Kier alpha value is -2.03. The Morgan fingerprint density at radius 1 is 1.00 bits per heavy atom. The standard InChI is InChI=1S/C17H19FN2/c18-16-12-15(19-13-14-6-2-1-3-7-14)8-9-17(16)20-10-4-5-11-20/h1-3,6-9,12,19H,4-5,10-11,13H2. The van der Waals surface area contributed by atoms with Crippen LogP contribution in [0.2, 0.25) is 0 Å². The predicted octanol–water partition coefficient (Wildman–Crippen LogP) is 4.04. The molecule has 0 amide bonds. The van der Waals surface area contributed by atoms with E-state index in [2.05, 4.69) is 22.3 Å². The molecule has 2 aromatic rings. The minimum Gasteiger partial charge on any atom is -0.381 e. The van der Waals surface area contributed by atoms with E-state index < -0.39 is 0 Å². The molecule has 0 aromatic heterocycles. The Labute approximate surface area is 119 Å². The highest BCUT2D eigenvalue weighted by atomic mass is 19.1. The second-order valence-electron chi connectivity index (χ2n) is 5.20. The Morgan fingerprint density at radius 2 is 1.75 bits per heavy atom. The average molecular weight is 270 g/mol. The highest BCUT2D eigenvalue weighted by molar-refractivity contribution is 5.56. The largest absolute Gasteiger partial charge is 0.381 e. The van der Waals surface area contributed by atoms with Crippen LogP contribution in [0.5, 0.6) is 0 Å². The quantitative estimate of drug-likeness (QED) is 0.902. The number of benzene rings is 2. The molecular weight excluding hydrogens is 251 g/mol. The number of rotatable bonds is 4. The normalized spacial score (nSPS) is 14.6. The first-order chi connectivity index (χ1) is 9.83. The van der Waals surface area contributed by atoms with E-state index in [1.54, 1.807) is 6.07 Å². The average Bonchev–Trinajstić information content (AvgIpc) is 3.00. The van der Waals surface area contributed by atoms with E-state index in [0.29, 0.717) is 6.54 Å². The van der Waals surface area contributed by atoms with E-state index in [-0.39, 0.29) is 5.82 Å². The molecule has 1 saturated heterocycles. The molecule has 0 spiro atoms. The molecule has 20 heavy (non-hydrogen) atoms. The predicted molar refractivity (Wildman–Crippen MR) is 81.6 cm³/mol.